The SMILES string of the molecule is C=C[Si](CC)(N(CC)C(C)C)N(CC)C(C)C. The van der Waals surface area contributed by atoms with Gasteiger partial charge in [0.2, 0.25) is 8.40 Å². The van der Waals surface area contributed by atoms with Crippen LogP contribution in [0.3, 0.4) is 0 Å². The summed E-state index contributed by atoms with van der Waals surface area (Å²) in [5.74, 6) is 0. The Morgan fingerprint density at radius 2 is 1.29 bits per heavy atom. The summed E-state index contributed by atoms with van der Waals surface area (Å²) in [5, 5.41) is 0. The Balaban J connectivity index is 5.45. The van der Waals surface area contributed by atoms with Gasteiger partial charge in [0.25, 0.3) is 0 Å². The summed E-state index contributed by atoms with van der Waals surface area (Å²) in [6.07, 6.45) is 0. The fourth-order valence-corrected chi connectivity index (χ4v) is 7.91. The molecular weight excluding hydrogens is 224 g/mol. The fourth-order valence-electron chi connectivity index (χ4n) is 3.12. The maximum absolute atomic E-state index is 4.18. The van der Waals surface area contributed by atoms with E-state index in [1.54, 1.807) is 0 Å². The van der Waals surface area contributed by atoms with Gasteiger partial charge in [-0.2, -0.15) is 0 Å². The summed E-state index contributed by atoms with van der Waals surface area (Å²) < 4.78 is 5.37. The maximum atomic E-state index is 4.18. The van der Waals surface area contributed by atoms with Crippen molar-refractivity contribution < 1.29 is 0 Å². The van der Waals surface area contributed by atoms with Gasteiger partial charge in [-0.05, 0) is 31.2 Å². The van der Waals surface area contributed by atoms with Crippen LogP contribution in [0.5, 0.6) is 0 Å². The van der Waals surface area contributed by atoms with Crippen LogP contribution in [0.2, 0.25) is 6.04 Å². The monoisotopic (exact) mass is 256 g/mol. The lowest BCUT2D eigenvalue weighted by Gasteiger charge is -2.50. The molecule has 0 aromatic rings. The predicted octanol–water partition coefficient (Wildman–Crippen LogP) is 3.63. The van der Waals surface area contributed by atoms with Gasteiger partial charge in [0, 0.05) is 0 Å². The van der Waals surface area contributed by atoms with E-state index in [1.807, 2.05) is 0 Å². The Kier molecular flexibility index (Phi) is 7.29. The smallest absolute Gasteiger partial charge is 0.231 e. The fraction of sp³-hybridized carbons (Fsp3) is 0.857. The van der Waals surface area contributed by atoms with Crippen molar-refractivity contribution in [1.29, 1.82) is 0 Å². The molecule has 0 rings (SSSR count). The average molecular weight is 257 g/mol. The molecule has 0 aromatic heterocycles. The van der Waals surface area contributed by atoms with E-state index < -0.39 is 8.40 Å². The van der Waals surface area contributed by atoms with E-state index in [0.717, 1.165) is 13.1 Å². The normalized spacial score (nSPS) is 13.1. The minimum Gasteiger partial charge on any atom is -0.306 e. The highest BCUT2D eigenvalue weighted by atomic mass is 28.3. The molecule has 2 nitrogen and oxygen atoms in total. The molecule has 0 bridgehead atoms. The molecular formula is C14H32N2Si. The van der Waals surface area contributed by atoms with E-state index in [2.05, 4.69) is 69.9 Å². The Bertz CT molecular complexity index is 210. The molecule has 0 unspecified atom stereocenters. The summed E-state index contributed by atoms with van der Waals surface area (Å²) in [7, 11) is -1.70. The van der Waals surface area contributed by atoms with Crippen LogP contribution in [0, 0.1) is 0 Å². The second-order valence-corrected chi connectivity index (χ2v) is 9.22. The van der Waals surface area contributed by atoms with Gasteiger partial charge in [-0.1, -0.05) is 54.2 Å². The number of hydrogen-bond acceptors (Lipinski definition) is 2. The van der Waals surface area contributed by atoms with E-state index in [9.17, 15) is 0 Å². The van der Waals surface area contributed by atoms with Gasteiger partial charge in [-0.25, -0.2) is 0 Å². The van der Waals surface area contributed by atoms with Crippen molar-refractivity contribution in [3.05, 3.63) is 12.3 Å². The lowest BCUT2D eigenvalue weighted by molar-refractivity contribution is 0.276. The molecule has 0 aliphatic rings. The highest BCUT2D eigenvalue weighted by Gasteiger charge is 2.42. The third kappa shape index (κ3) is 3.43. The first-order valence-electron chi connectivity index (χ1n) is 7.08. The van der Waals surface area contributed by atoms with Crippen LogP contribution in [0.1, 0.15) is 48.5 Å². The van der Waals surface area contributed by atoms with Crippen molar-refractivity contribution in [2.45, 2.75) is 66.6 Å². The largest absolute Gasteiger partial charge is 0.306 e. The van der Waals surface area contributed by atoms with Crippen LogP contribution in [-0.2, 0) is 0 Å². The summed E-state index contributed by atoms with van der Waals surface area (Å²) >= 11 is 0. The Hall–Kier alpha value is -0.123. The second-order valence-electron chi connectivity index (χ2n) is 5.20. The summed E-state index contributed by atoms with van der Waals surface area (Å²) in [4.78, 5) is 0. The summed E-state index contributed by atoms with van der Waals surface area (Å²) in [6.45, 7) is 22.5. The number of hydrogen-bond donors (Lipinski definition) is 0. The summed E-state index contributed by atoms with van der Waals surface area (Å²) in [6, 6.07) is 2.41. The highest BCUT2D eigenvalue weighted by Crippen LogP contribution is 2.25. The number of rotatable bonds is 8. The van der Waals surface area contributed by atoms with Crippen LogP contribution in [-0.4, -0.2) is 42.7 Å². The Morgan fingerprint density at radius 1 is 0.941 bits per heavy atom. The molecule has 0 radical (unpaired) electrons. The predicted molar refractivity (Wildman–Crippen MR) is 81.5 cm³/mol. The zero-order valence-corrected chi connectivity index (χ0v) is 14.0. The molecule has 0 N–H and O–H groups in total. The van der Waals surface area contributed by atoms with Gasteiger partial charge in [-0.15, -0.1) is 6.58 Å². The van der Waals surface area contributed by atoms with Crippen LogP contribution in [0.25, 0.3) is 0 Å². The quantitative estimate of drug-likeness (QED) is 0.612. The molecule has 0 heterocycles. The van der Waals surface area contributed by atoms with Crippen molar-refractivity contribution in [2.75, 3.05) is 13.1 Å². The average Bonchev–Trinajstić information content (AvgIpc) is 2.27. The molecule has 0 saturated heterocycles. The van der Waals surface area contributed by atoms with Crippen molar-refractivity contribution >= 4 is 8.40 Å². The minimum absolute atomic E-state index is 0.595. The molecule has 17 heavy (non-hydrogen) atoms. The molecule has 0 aliphatic carbocycles. The topological polar surface area (TPSA) is 6.48 Å². The molecule has 0 fully saturated rings. The van der Waals surface area contributed by atoms with Gasteiger partial charge in [0.05, 0.1) is 0 Å². The molecule has 0 aliphatic heterocycles. The lowest BCUT2D eigenvalue weighted by atomic mass is 10.4. The molecule has 0 aromatic carbocycles. The van der Waals surface area contributed by atoms with Crippen LogP contribution >= 0.6 is 0 Å². The van der Waals surface area contributed by atoms with Crippen LogP contribution < -0.4 is 0 Å². The standard InChI is InChI=1S/C14H32N2Si/c1-9-15(13(5)6)17(11-3,12-4)16(10-2)14(7)8/h11,13-14H,3,9-10,12H2,1-2,4-8H3. The highest BCUT2D eigenvalue weighted by molar-refractivity contribution is 6.79. The summed E-state index contributed by atoms with van der Waals surface area (Å²) in [5.41, 5.74) is 2.28. The van der Waals surface area contributed by atoms with Crippen molar-refractivity contribution in [3.8, 4) is 0 Å². The third-order valence-corrected chi connectivity index (χ3v) is 9.12. The molecule has 0 amide bonds. The Labute approximate surface area is 110 Å². The minimum atomic E-state index is -1.70. The second kappa shape index (κ2) is 7.34. The Morgan fingerprint density at radius 3 is 1.41 bits per heavy atom. The molecule has 0 saturated carbocycles. The van der Waals surface area contributed by atoms with Gasteiger partial charge < -0.3 is 9.13 Å². The van der Waals surface area contributed by atoms with E-state index in [4.69, 9.17) is 0 Å². The van der Waals surface area contributed by atoms with E-state index >= 15 is 0 Å². The molecule has 3 heteroatoms. The van der Waals surface area contributed by atoms with Crippen molar-refractivity contribution in [1.82, 2.24) is 9.13 Å². The first kappa shape index (κ1) is 16.9. The molecule has 0 atom stereocenters. The maximum Gasteiger partial charge on any atom is 0.231 e. The zero-order chi connectivity index (χ0) is 13.6. The number of nitrogens with zero attached hydrogens (tertiary/aromatic N) is 2. The van der Waals surface area contributed by atoms with E-state index in [1.165, 1.54) is 6.04 Å². The van der Waals surface area contributed by atoms with Crippen LogP contribution in [0.4, 0.5) is 0 Å². The third-order valence-electron chi connectivity index (χ3n) is 3.77. The van der Waals surface area contributed by atoms with Gasteiger partial charge >= 0.3 is 0 Å². The lowest BCUT2D eigenvalue weighted by Crippen LogP contribution is -2.67. The van der Waals surface area contributed by atoms with E-state index in [-0.39, 0.29) is 0 Å². The molecule has 102 valence electrons. The van der Waals surface area contributed by atoms with Gasteiger partial charge in [0.1, 0.15) is 0 Å². The van der Waals surface area contributed by atoms with E-state index in [0.29, 0.717) is 12.1 Å². The van der Waals surface area contributed by atoms with Gasteiger partial charge in [0.15, 0.2) is 0 Å². The van der Waals surface area contributed by atoms with Crippen LogP contribution in [0.15, 0.2) is 12.3 Å². The first-order chi connectivity index (χ1) is 7.91. The van der Waals surface area contributed by atoms with Crippen molar-refractivity contribution in [2.24, 2.45) is 0 Å². The first-order valence-corrected chi connectivity index (χ1v) is 9.26. The molecule has 0 spiro atoms. The van der Waals surface area contributed by atoms with Crippen molar-refractivity contribution in [3.63, 3.8) is 0 Å². The zero-order valence-electron chi connectivity index (χ0n) is 13.0. The van der Waals surface area contributed by atoms with Gasteiger partial charge in [-0.3, -0.25) is 0 Å².